The fourth-order valence-corrected chi connectivity index (χ4v) is 2.10. The van der Waals surface area contributed by atoms with Crippen LogP contribution >= 0.6 is 11.6 Å². The van der Waals surface area contributed by atoms with E-state index in [0.717, 1.165) is 0 Å². The summed E-state index contributed by atoms with van der Waals surface area (Å²) in [5.74, 6) is 0.429. The molecule has 0 aliphatic rings. The molecule has 0 aliphatic carbocycles. The number of hydrogen-bond donors (Lipinski definition) is 3. The number of halogens is 1. The van der Waals surface area contributed by atoms with E-state index in [2.05, 4.69) is 15.3 Å². The first-order valence-corrected chi connectivity index (χ1v) is 6.37. The number of nitro benzene ring substituents is 1. The summed E-state index contributed by atoms with van der Waals surface area (Å²) < 4.78 is 0. The topological polar surface area (TPSA) is 110 Å². The number of non-ortho nitro benzene ring substituents is 1. The molecule has 7 nitrogen and oxygen atoms in total. The maximum absolute atomic E-state index is 10.7. The van der Waals surface area contributed by atoms with E-state index in [1.165, 1.54) is 12.1 Å². The molecular weight excluding hydrogens is 294 g/mol. The minimum absolute atomic E-state index is 0.000289. The van der Waals surface area contributed by atoms with Crippen molar-refractivity contribution in [3.63, 3.8) is 0 Å². The molecule has 8 heteroatoms. The van der Waals surface area contributed by atoms with Crippen molar-refractivity contribution in [3.05, 3.63) is 51.5 Å². The van der Waals surface area contributed by atoms with Crippen molar-refractivity contribution >= 4 is 45.6 Å². The maximum Gasteiger partial charge on any atom is 0.271 e. The predicted molar refractivity (Wildman–Crippen MR) is 81.9 cm³/mol. The van der Waals surface area contributed by atoms with Gasteiger partial charge in [-0.2, -0.15) is 0 Å². The summed E-state index contributed by atoms with van der Waals surface area (Å²) in [4.78, 5) is 17.5. The molecule has 0 atom stereocenters. The predicted octanol–water partition coefficient (Wildman–Crippen LogP) is 3.45. The molecule has 3 rings (SSSR count). The van der Waals surface area contributed by atoms with E-state index < -0.39 is 4.92 Å². The van der Waals surface area contributed by atoms with Gasteiger partial charge < -0.3 is 16.0 Å². The largest absolute Gasteiger partial charge is 0.399 e. The number of anilines is 3. The number of fused-ring (bicyclic) bond motifs is 1. The summed E-state index contributed by atoms with van der Waals surface area (Å²) in [7, 11) is 0. The lowest BCUT2D eigenvalue weighted by atomic mass is 10.3. The maximum atomic E-state index is 10.7. The third kappa shape index (κ3) is 2.59. The Labute approximate surface area is 123 Å². The smallest absolute Gasteiger partial charge is 0.271 e. The van der Waals surface area contributed by atoms with Crippen LogP contribution in [0.25, 0.3) is 11.0 Å². The summed E-state index contributed by atoms with van der Waals surface area (Å²) >= 11 is 6.06. The van der Waals surface area contributed by atoms with Crippen LogP contribution < -0.4 is 11.1 Å². The fraction of sp³-hybridized carbons (Fsp3) is 0. The first-order chi connectivity index (χ1) is 10.0. The molecule has 1 aromatic heterocycles. The molecule has 0 amide bonds. The molecule has 0 aliphatic heterocycles. The minimum atomic E-state index is -0.456. The van der Waals surface area contributed by atoms with Gasteiger partial charge in [-0.25, -0.2) is 4.98 Å². The molecule has 4 N–H and O–H groups in total. The number of benzene rings is 2. The van der Waals surface area contributed by atoms with Crippen molar-refractivity contribution in [1.29, 1.82) is 0 Å². The Balaban J connectivity index is 1.97. The number of nitrogens with two attached hydrogens (primary N) is 1. The van der Waals surface area contributed by atoms with Gasteiger partial charge in [0.15, 0.2) is 0 Å². The molecule has 0 fully saturated rings. The van der Waals surface area contributed by atoms with E-state index in [-0.39, 0.29) is 5.69 Å². The summed E-state index contributed by atoms with van der Waals surface area (Å²) in [5.41, 5.74) is 8.05. The Bertz CT molecular complexity index is 846. The zero-order chi connectivity index (χ0) is 15.0. The second-order valence-electron chi connectivity index (χ2n) is 4.41. The van der Waals surface area contributed by atoms with E-state index in [4.69, 9.17) is 17.3 Å². The second-order valence-corrected chi connectivity index (χ2v) is 4.82. The highest BCUT2D eigenvalue weighted by atomic mass is 35.5. The molecule has 0 spiro atoms. The second kappa shape index (κ2) is 4.95. The van der Waals surface area contributed by atoms with Crippen molar-refractivity contribution in [1.82, 2.24) is 9.97 Å². The molecule has 1 heterocycles. The van der Waals surface area contributed by atoms with Crippen LogP contribution in [0.1, 0.15) is 0 Å². The number of aromatic amines is 1. The third-order valence-electron chi connectivity index (χ3n) is 2.92. The average molecular weight is 304 g/mol. The van der Waals surface area contributed by atoms with Gasteiger partial charge in [-0.05, 0) is 24.3 Å². The Hall–Kier alpha value is -2.80. The van der Waals surface area contributed by atoms with Crippen molar-refractivity contribution < 1.29 is 4.92 Å². The van der Waals surface area contributed by atoms with E-state index >= 15 is 0 Å². The van der Waals surface area contributed by atoms with E-state index in [1.807, 2.05) is 0 Å². The number of H-pyrrole nitrogens is 1. The molecule has 106 valence electrons. The minimum Gasteiger partial charge on any atom is -0.399 e. The van der Waals surface area contributed by atoms with Gasteiger partial charge >= 0.3 is 0 Å². The molecular formula is C13H10ClN5O2. The van der Waals surface area contributed by atoms with Gasteiger partial charge in [-0.15, -0.1) is 0 Å². The van der Waals surface area contributed by atoms with Crippen LogP contribution in [0.3, 0.4) is 0 Å². The number of nitrogens with one attached hydrogen (secondary N) is 2. The molecule has 0 saturated heterocycles. The van der Waals surface area contributed by atoms with Gasteiger partial charge in [0.25, 0.3) is 5.69 Å². The summed E-state index contributed by atoms with van der Waals surface area (Å²) in [6.07, 6.45) is 0. The van der Waals surface area contributed by atoms with Crippen LogP contribution in [0.15, 0.2) is 36.4 Å². The Morgan fingerprint density at radius 2 is 2.10 bits per heavy atom. The van der Waals surface area contributed by atoms with Crippen molar-refractivity contribution in [2.24, 2.45) is 0 Å². The Morgan fingerprint density at radius 3 is 2.86 bits per heavy atom. The Morgan fingerprint density at radius 1 is 1.29 bits per heavy atom. The highest BCUT2D eigenvalue weighted by Gasteiger charge is 2.10. The van der Waals surface area contributed by atoms with Crippen molar-refractivity contribution in [2.45, 2.75) is 0 Å². The first kappa shape index (κ1) is 13.2. The van der Waals surface area contributed by atoms with E-state index in [9.17, 15) is 10.1 Å². The van der Waals surface area contributed by atoms with Gasteiger partial charge in [0.1, 0.15) is 0 Å². The third-order valence-corrected chi connectivity index (χ3v) is 3.25. The van der Waals surface area contributed by atoms with Crippen LogP contribution in [-0.4, -0.2) is 14.9 Å². The zero-order valence-corrected chi connectivity index (χ0v) is 11.4. The highest BCUT2D eigenvalue weighted by Crippen LogP contribution is 2.28. The number of nitrogens with zero attached hydrogens (tertiary/aromatic N) is 2. The average Bonchev–Trinajstić information content (AvgIpc) is 2.84. The number of rotatable bonds is 3. The lowest BCUT2D eigenvalue weighted by Crippen LogP contribution is -1.94. The van der Waals surface area contributed by atoms with Gasteiger partial charge in [-0.1, -0.05) is 11.6 Å². The van der Waals surface area contributed by atoms with Crippen LogP contribution in [0.2, 0.25) is 5.02 Å². The molecule has 3 aromatic rings. The Kier molecular flexibility index (Phi) is 3.11. The van der Waals surface area contributed by atoms with Crippen LogP contribution in [0.5, 0.6) is 0 Å². The molecule has 0 radical (unpaired) electrons. The normalized spacial score (nSPS) is 10.7. The van der Waals surface area contributed by atoms with E-state index in [1.54, 1.807) is 24.3 Å². The van der Waals surface area contributed by atoms with Crippen molar-refractivity contribution in [2.75, 3.05) is 11.1 Å². The number of nitro groups is 1. The van der Waals surface area contributed by atoms with Gasteiger partial charge in [0.05, 0.1) is 26.7 Å². The first-order valence-electron chi connectivity index (χ1n) is 5.99. The van der Waals surface area contributed by atoms with E-state index in [0.29, 0.717) is 33.4 Å². The standard InChI is InChI=1S/C13H10ClN5O2/c14-9-3-1-7(15)5-11(9)17-13-16-10-4-2-8(19(20)21)6-12(10)18-13/h1-6H,15H2,(H2,16,17,18). The zero-order valence-electron chi connectivity index (χ0n) is 10.6. The molecule has 0 saturated carbocycles. The van der Waals surface area contributed by atoms with Gasteiger partial charge in [0.2, 0.25) is 5.95 Å². The van der Waals surface area contributed by atoms with Gasteiger partial charge in [-0.3, -0.25) is 10.1 Å². The summed E-state index contributed by atoms with van der Waals surface area (Å²) in [5, 5.41) is 14.2. The summed E-state index contributed by atoms with van der Waals surface area (Å²) in [6.45, 7) is 0. The summed E-state index contributed by atoms with van der Waals surface area (Å²) in [6, 6.07) is 9.45. The SMILES string of the molecule is Nc1ccc(Cl)c(Nc2nc3ccc([N+](=O)[O-])cc3[nH]2)c1. The molecule has 0 bridgehead atoms. The molecule has 2 aromatic carbocycles. The van der Waals surface area contributed by atoms with Crippen LogP contribution in [0, 0.1) is 10.1 Å². The number of hydrogen-bond acceptors (Lipinski definition) is 5. The highest BCUT2D eigenvalue weighted by molar-refractivity contribution is 6.33. The lowest BCUT2D eigenvalue weighted by Gasteiger charge is -2.05. The monoisotopic (exact) mass is 303 g/mol. The number of nitrogen functional groups attached to an aromatic ring is 1. The number of imidazole rings is 1. The lowest BCUT2D eigenvalue weighted by molar-refractivity contribution is -0.384. The van der Waals surface area contributed by atoms with Gasteiger partial charge in [0, 0.05) is 17.8 Å². The van der Waals surface area contributed by atoms with Crippen molar-refractivity contribution in [3.8, 4) is 0 Å². The van der Waals surface area contributed by atoms with Crippen LogP contribution in [0.4, 0.5) is 23.0 Å². The number of aromatic nitrogens is 2. The quantitative estimate of drug-likeness (QED) is 0.390. The van der Waals surface area contributed by atoms with Crippen LogP contribution in [-0.2, 0) is 0 Å². The molecule has 0 unspecified atom stereocenters. The molecule has 21 heavy (non-hydrogen) atoms. The fourth-order valence-electron chi connectivity index (χ4n) is 1.94.